The lowest BCUT2D eigenvalue weighted by atomic mass is 10.3. The molecule has 0 unspecified atom stereocenters. The van der Waals surface area contributed by atoms with E-state index in [0.29, 0.717) is 4.47 Å². The van der Waals surface area contributed by atoms with Gasteiger partial charge in [-0.05, 0) is 34.7 Å². The van der Waals surface area contributed by atoms with Gasteiger partial charge in [0.15, 0.2) is 0 Å². The Labute approximate surface area is 77.5 Å². The van der Waals surface area contributed by atoms with Crippen molar-refractivity contribution in [3.05, 3.63) is 22.2 Å². The van der Waals surface area contributed by atoms with E-state index in [0.717, 1.165) is 10.5 Å². The third-order valence-electron chi connectivity index (χ3n) is 1.40. The summed E-state index contributed by atoms with van der Waals surface area (Å²) in [4.78, 5) is 4.57. The van der Waals surface area contributed by atoms with E-state index in [-0.39, 0.29) is 0 Å². The number of halogens is 2. The molecule has 1 heterocycles. The van der Waals surface area contributed by atoms with Gasteiger partial charge in [0.2, 0.25) is 5.95 Å². The van der Waals surface area contributed by atoms with Crippen LogP contribution in [0.5, 0.6) is 0 Å². The fourth-order valence-electron chi connectivity index (χ4n) is 0.737. The van der Waals surface area contributed by atoms with Gasteiger partial charge in [0, 0.05) is 11.1 Å². The molecule has 1 rings (SSSR count). The quantitative estimate of drug-likeness (QED) is 0.549. The summed E-state index contributed by atoms with van der Waals surface area (Å²) in [6.07, 6.45) is 3.48. The molecule has 1 nitrogen and oxygen atoms in total. The van der Waals surface area contributed by atoms with Crippen LogP contribution < -0.4 is 0 Å². The molecule has 0 radical (unpaired) electrons. The van der Waals surface area contributed by atoms with Gasteiger partial charge < -0.3 is 0 Å². The molecule has 1 aromatic rings. The van der Waals surface area contributed by atoms with E-state index >= 15 is 0 Å². The van der Waals surface area contributed by atoms with Crippen LogP contribution in [-0.2, 0) is 0 Å². The Morgan fingerprint density at radius 3 is 2.82 bits per heavy atom. The molecule has 0 aromatic carbocycles. The first-order chi connectivity index (χ1) is 5.16. The lowest BCUT2D eigenvalue weighted by molar-refractivity contribution is 0.572. The molecule has 0 bridgehead atoms. The molecule has 0 aliphatic rings. The number of hydrogen-bond acceptors (Lipinski definition) is 2. The van der Waals surface area contributed by atoms with Crippen LogP contribution in [0.4, 0.5) is 4.39 Å². The van der Waals surface area contributed by atoms with Gasteiger partial charge in [-0.2, -0.15) is 4.39 Å². The molecule has 60 valence electrons. The van der Waals surface area contributed by atoms with Crippen molar-refractivity contribution < 1.29 is 4.39 Å². The zero-order valence-electron chi connectivity index (χ0n) is 6.19. The second-order valence-corrected chi connectivity index (χ2v) is 3.70. The summed E-state index contributed by atoms with van der Waals surface area (Å²) in [7, 11) is 0. The number of rotatable bonds is 1. The summed E-state index contributed by atoms with van der Waals surface area (Å²) in [6, 6.07) is 0. The van der Waals surface area contributed by atoms with E-state index < -0.39 is 5.95 Å². The zero-order chi connectivity index (χ0) is 8.43. The molecular weight excluding hydrogens is 229 g/mol. The van der Waals surface area contributed by atoms with Crippen LogP contribution in [0.2, 0.25) is 0 Å². The molecule has 0 atom stereocenters. The number of thioether (sulfide) groups is 1. The maximum absolute atomic E-state index is 12.7. The Kier molecular flexibility index (Phi) is 2.90. The Morgan fingerprint density at radius 2 is 2.27 bits per heavy atom. The van der Waals surface area contributed by atoms with E-state index in [1.807, 2.05) is 13.2 Å². The van der Waals surface area contributed by atoms with E-state index in [4.69, 9.17) is 0 Å². The van der Waals surface area contributed by atoms with Crippen LogP contribution in [-0.4, -0.2) is 11.2 Å². The monoisotopic (exact) mass is 235 g/mol. The smallest absolute Gasteiger partial charge is 0.226 e. The molecule has 4 heteroatoms. The SMILES string of the molecule is CSc1cnc(F)c(Br)c1C. The Hall–Kier alpha value is -0.0900. The fraction of sp³-hybridized carbons (Fsp3) is 0.286. The molecular formula is C7H7BrFNS. The molecule has 11 heavy (non-hydrogen) atoms. The van der Waals surface area contributed by atoms with Crippen LogP contribution in [0.1, 0.15) is 5.56 Å². The summed E-state index contributed by atoms with van der Waals surface area (Å²) >= 11 is 4.68. The molecule has 0 spiro atoms. The van der Waals surface area contributed by atoms with Crippen molar-refractivity contribution >= 4 is 27.7 Å². The number of nitrogens with zero attached hydrogens (tertiary/aromatic N) is 1. The average Bonchev–Trinajstić information content (AvgIpc) is 2.01. The van der Waals surface area contributed by atoms with E-state index in [1.165, 1.54) is 0 Å². The topological polar surface area (TPSA) is 12.9 Å². The summed E-state index contributed by atoms with van der Waals surface area (Å²) in [5.41, 5.74) is 0.907. The number of hydrogen-bond donors (Lipinski definition) is 0. The standard InChI is InChI=1S/C7H7BrFNS/c1-4-5(11-2)3-10-7(9)6(4)8/h3H,1-2H3. The van der Waals surface area contributed by atoms with Crippen LogP contribution >= 0.6 is 27.7 Å². The number of aromatic nitrogens is 1. The Balaban J connectivity index is 3.25. The van der Waals surface area contributed by atoms with Gasteiger partial charge >= 0.3 is 0 Å². The van der Waals surface area contributed by atoms with Crippen LogP contribution in [0, 0.1) is 12.9 Å². The van der Waals surface area contributed by atoms with Crippen LogP contribution in [0.25, 0.3) is 0 Å². The first-order valence-electron chi connectivity index (χ1n) is 3.01. The second-order valence-electron chi connectivity index (χ2n) is 2.06. The van der Waals surface area contributed by atoms with Gasteiger partial charge in [-0.25, -0.2) is 4.98 Å². The number of pyridine rings is 1. The molecule has 0 amide bonds. The normalized spacial score (nSPS) is 10.2. The minimum atomic E-state index is -0.444. The molecule has 1 aromatic heterocycles. The Morgan fingerprint density at radius 1 is 1.64 bits per heavy atom. The third-order valence-corrected chi connectivity index (χ3v) is 3.17. The van der Waals surface area contributed by atoms with Crippen molar-refractivity contribution in [1.82, 2.24) is 4.98 Å². The van der Waals surface area contributed by atoms with Gasteiger partial charge in [0.05, 0.1) is 4.47 Å². The van der Waals surface area contributed by atoms with Gasteiger partial charge in [-0.1, -0.05) is 0 Å². The highest BCUT2D eigenvalue weighted by atomic mass is 79.9. The summed E-state index contributed by atoms with van der Waals surface area (Å²) in [6.45, 7) is 1.86. The first kappa shape index (κ1) is 9.00. The largest absolute Gasteiger partial charge is 0.227 e. The van der Waals surface area contributed by atoms with Crippen LogP contribution in [0.3, 0.4) is 0 Å². The summed E-state index contributed by atoms with van der Waals surface area (Å²) in [5, 5.41) is 0. The van der Waals surface area contributed by atoms with E-state index in [9.17, 15) is 4.39 Å². The fourth-order valence-corrected chi connectivity index (χ4v) is 1.75. The lowest BCUT2D eigenvalue weighted by Crippen LogP contribution is -1.89. The van der Waals surface area contributed by atoms with E-state index in [2.05, 4.69) is 20.9 Å². The van der Waals surface area contributed by atoms with E-state index in [1.54, 1.807) is 18.0 Å². The predicted octanol–water partition coefficient (Wildman–Crippen LogP) is 3.01. The molecule has 0 saturated carbocycles. The van der Waals surface area contributed by atoms with Gasteiger partial charge in [-0.3, -0.25) is 0 Å². The maximum Gasteiger partial charge on any atom is 0.227 e. The van der Waals surface area contributed by atoms with Crippen molar-refractivity contribution in [2.45, 2.75) is 11.8 Å². The van der Waals surface area contributed by atoms with Gasteiger partial charge in [-0.15, -0.1) is 11.8 Å². The summed E-state index contributed by atoms with van der Waals surface area (Å²) in [5.74, 6) is -0.444. The van der Waals surface area contributed by atoms with Crippen molar-refractivity contribution in [2.75, 3.05) is 6.26 Å². The zero-order valence-corrected chi connectivity index (χ0v) is 8.59. The Bertz CT molecular complexity index is 277. The molecule has 0 N–H and O–H groups in total. The summed E-state index contributed by atoms with van der Waals surface area (Å²) < 4.78 is 13.2. The molecule has 0 saturated heterocycles. The lowest BCUT2D eigenvalue weighted by Gasteiger charge is -2.03. The van der Waals surface area contributed by atoms with Crippen molar-refractivity contribution in [3.63, 3.8) is 0 Å². The molecule has 0 fully saturated rings. The first-order valence-corrected chi connectivity index (χ1v) is 5.03. The average molecular weight is 236 g/mol. The van der Waals surface area contributed by atoms with Gasteiger partial charge in [0.25, 0.3) is 0 Å². The predicted molar refractivity (Wildman–Crippen MR) is 48.4 cm³/mol. The second kappa shape index (κ2) is 3.54. The molecule has 0 aliphatic carbocycles. The van der Waals surface area contributed by atoms with Gasteiger partial charge in [0.1, 0.15) is 0 Å². The highest BCUT2D eigenvalue weighted by Crippen LogP contribution is 2.26. The highest BCUT2D eigenvalue weighted by Gasteiger charge is 2.06. The van der Waals surface area contributed by atoms with Crippen molar-refractivity contribution in [3.8, 4) is 0 Å². The van der Waals surface area contributed by atoms with Crippen molar-refractivity contribution in [1.29, 1.82) is 0 Å². The third kappa shape index (κ3) is 1.73. The van der Waals surface area contributed by atoms with Crippen molar-refractivity contribution in [2.24, 2.45) is 0 Å². The molecule has 0 aliphatic heterocycles. The highest BCUT2D eigenvalue weighted by molar-refractivity contribution is 9.10. The van der Waals surface area contributed by atoms with Crippen LogP contribution in [0.15, 0.2) is 15.6 Å². The maximum atomic E-state index is 12.7. The minimum Gasteiger partial charge on any atom is -0.226 e. The minimum absolute atomic E-state index is 0.444.